The van der Waals surface area contributed by atoms with Gasteiger partial charge in [-0.2, -0.15) is 0 Å². The SMILES string of the molecule is CC(C)(C)OC(=O)c1ncn2c1C1CCCN1C(=O)c1cc(Br)ccc1-2. The fourth-order valence-electron chi connectivity index (χ4n) is 3.69. The van der Waals surface area contributed by atoms with Crippen LogP contribution < -0.4 is 0 Å². The van der Waals surface area contributed by atoms with Crippen molar-refractivity contribution in [3.8, 4) is 5.69 Å². The molecule has 1 aromatic heterocycles. The van der Waals surface area contributed by atoms with Crippen LogP contribution in [0.15, 0.2) is 29.0 Å². The van der Waals surface area contributed by atoms with Crippen LogP contribution in [0.2, 0.25) is 0 Å². The fraction of sp³-hybridized carbons (Fsp3) is 0.421. The Bertz CT molecular complexity index is 913. The van der Waals surface area contributed by atoms with E-state index < -0.39 is 11.6 Å². The summed E-state index contributed by atoms with van der Waals surface area (Å²) < 4.78 is 8.26. The number of rotatable bonds is 1. The van der Waals surface area contributed by atoms with Crippen molar-refractivity contribution in [3.63, 3.8) is 0 Å². The number of carbonyl (C=O) groups excluding carboxylic acids is 2. The average molecular weight is 418 g/mol. The molecule has 7 heteroatoms. The standard InChI is InChI=1S/C19H20BrN3O3/c1-19(2,3)26-18(25)15-16-14-5-4-8-22(14)17(24)12-9-11(20)6-7-13(12)23(16)10-21-15/h6-7,9-10,14H,4-5,8H2,1-3H3. The molecule has 0 saturated carbocycles. The van der Waals surface area contributed by atoms with Crippen molar-refractivity contribution < 1.29 is 14.3 Å². The van der Waals surface area contributed by atoms with Crippen LogP contribution >= 0.6 is 15.9 Å². The molecule has 0 N–H and O–H groups in total. The number of esters is 1. The lowest BCUT2D eigenvalue weighted by molar-refractivity contribution is 0.00596. The minimum Gasteiger partial charge on any atom is -0.455 e. The number of hydrogen-bond acceptors (Lipinski definition) is 4. The highest BCUT2D eigenvalue weighted by molar-refractivity contribution is 9.10. The van der Waals surface area contributed by atoms with Crippen molar-refractivity contribution >= 4 is 27.8 Å². The molecule has 1 fully saturated rings. The Morgan fingerprint density at radius 2 is 2.12 bits per heavy atom. The smallest absolute Gasteiger partial charge is 0.359 e. The molecule has 26 heavy (non-hydrogen) atoms. The molecule has 0 bridgehead atoms. The van der Waals surface area contributed by atoms with Crippen LogP contribution in [0, 0.1) is 0 Å². The van der Waals surface area contributed by atoms with Crippen LogP contribution in [0.4, 0.5) is 0 Å². The number of fused-ring (bicyclic) bond motifs is 5. The van der Waals surface area contributed by atoms with Crippen LogP contribution in [0.3, 0.4) is 0 Å². The van der Waals surface area contributed by atoms with Gasteiger partial charge in [-0.3, -0.25) is 9.36 Å². The van der Waals surface area contributed by atoms with Gasteiger partial charge in [-0.05, 0) is 51.8 Å². The maximum Gasteiger partial charge on any atom is 0.359 e. The van der Waals surface area contributed by atoms with Gasteiger partial charge in [0.15, 0.2) is 5.69 Å². The van der Waals surface area contributed by atoms with Gasteiger partial charge in [-0.1, -0.05) is 15.9 Å². The number of ether oxygens (including phenoxy) is 1. The van der Waals surface area contributed by atoms with E-state index in [2.05, 4.69) is 20.9 Å². The van der Waals surface area contributed by atoms with E-state index >= 15 is 0 Å². The number of halogens is 1. The second-order valence-electron chi connectivity index (χ2n) is 7.67. The van der Waals surface area contributed by atoms with Gasteiger partial charge in [0.1, 0.15) is 11.9 Å². The van der Waals surface area contributed by atoms with Crippen molar-refractivity contribution in [2.75, 3.05) is 6.54 Å². The Hall–Kier alpha value is -2.15. The third-order valence-electron chi connectivity index (χ3n) is 4.67. The average Bonchev–Trinajstić information content (AvgIpc) is 3.17. The first-order valence-electron chi connectivity index (χ1n) is 8.68. The molecule has 1 atom stereocenters. The predicted molar refractivity (Wildman–Crippen MR) is 99.4 cm³/mol. The summed E-state index contributed by atoms with van der Waals surface area (Å²) in [4.78, 5) is 32.1. The van der Waals surface area contributed by atoms with Gasteiger partial charge in [-0.25, -0.2) is 9.78 Å². The predicted octanol–water partition coefficient (Wildman–Crippen LogP) is 3.88. The molecule has 6 nitrogen and oxygen atoms in total. The Balaban J connectivity index is 1.91. The molecule has 3 heterocycles. The van der Waals surface area contributed by atoms with Crippen molar-refractivity contribution in [1.82, 2.24) is 14.5 Å². The highest BCUT2D eigenvalue weighted by Gasteiger charge is 2.40. The molecule has 2 aromatic rings. The van der Waals surface area contributed by atoms with Gasteiger partial charge < -0.3 is 9.64 Å². The zero-order chi connectivity index (χ0) is 18.6. The third-order valence-corrected chi connectivity index (χ3v) is 5.17. The van der Waals surface area contributed by atoms with E-state index in [1.165, 1.54) is 0 Å². The molecule has 4 rings (SSSR count). The van der Waals surface area contributed by atoms with Gasteiger partial charge in [0, 0.05) is 11.0 Å². The molecule has 2 aliphatic heterocycles. The molecule has 0 aliphatic carbocycles. The molecule has 2 aliphatic rings. The lowest BCUT2D eigenvalue weighted by Gasteiger charge is -2.24. The quantitative estimate of drug-likeness (QED) is 0.660. The van der Waals surface area contributed by atoms with Crippen molar-refractivity contribution in [2.24, 2.45) is 0 Å². The number of nitrogens with zero attached hydrogens (tertiary/aromatic N) is 3. The normalized spacial score (nSPS) is 18.8. The number of benzene rings is 1. The lowest BCUT2D eigenvalue weighted by atomic mass is 10.1. The Morgan fingerprint density at radius 1 is 1.35 bits per heavy atom. The topological polar surface area (TPSA) is 64.4 Å². The Kier molecular flexibility index (Phi) is 3.95. The molecular weight excluding hydrogens is 398 g/mol. The third kappa shape index (κ3) is 2.74. The van der Waals surface area contributed by atoms with E-state index in [-0.39, 0.29) is 11.9 Å². The Morgan fingerprint density at radius 3 is 2.85 bits per heavy atom. The van der Waals surface area contributed by atoms with E-state index in [0.717, 1.165) is 28.7 Å². The number of carbonyl (C=O) groups is 2. The lowest BCUT2D eigenvalue weighted by Crippen LogP contribution is -2.31. The van der Waals surface area contributed by atoms with Crippen molar-refractivity contribution in [1.29, 1.82) is 0 Å². The summed E-state index contributed by atoms with van der Waals surface area (Å²) >= 11 is 3.45. The van der Waals surface area contributed by atoms with Crippen LogP contribution in [-0.4, -0.2) is 38.5 Å². The summed E-state index contributed by atoms with van der Waals surface area (Å²) in [6.07, 6.45) is 3.33. The van der Waals surface area contributed by atoms with Gasteiger partial charge >= 0.3 is 5.97 Å². The van der Waals surface area contributed by atoms with Gasteiger partial charge in [-0.15, -0.1) is 0 Å². The van der Waals surface area contributed by atoms with Gasteiger partial charge in [0.25, 0.3) is 5.91 Å². The highest BCUT2D eigenvalue weighted by atomic mass is 79.9. The molecule has 1 saturated heterocycles. The summed E-state index contributed by atoms with van der Waals surface area (Å²) in [6.45, 7) is 6.17. The number of imidazole rings is 1. The van der Waals surface area contributed by atoms with Crippen molar-refractivity contribution in [3.05, 3.63) is 46.0 Å². The van der Waals surface area contributed by atoms with E-state index in [1.807, 2.05) is 48.4 Å². The second-order valence-corrected chi connectivity index (χ2v) is 8.58. The number of amides is 1. The van der Waals surface area contributed by atoms with Crippen LogP contribution in [-0.2, 0) is 4.74 Å². The van der Waals surface area contributed by atoms with Gasteiger partial charge in [0.2, 0.25) is 0 Å². The first-order chi connectivity index (χ1) is 12.3. The Labute approximate surface area is 160 Å². The van der Waals surface area contributed by atoms with Gasteiger partial charge in [0.05, 0.1) is 23.0 Å². The van der Waals surface area contributed by atoms with E-state index in [0.29, 0.717) is 17.8 Å². The summed E-state index contributed by atoms with van der Waals surface area (Å²) in [6, 6.07) is 5.43. The summed E-state index contributed by atoms with van der Waals surface area (Å²) in [7, 11) is 0. The molecule has 1 amide bonds. The number of hydrogen-bond donors (Lipinski definition) is 0. The summed E-state index contributed by atoms with van der Waals surface area (Å²) in [5.41, 5.74) is 1.78. The monoisotopic (exact) mass is 417 g/mol. The molecule has 136 valence electrons. The second kappa shape index (κ2) is 5.94. The van der Waals surface area contributed by atoms with Crippen LogP contribution in [0.1, 0.15) is 66.2 Å². The maximum absolute atomic E-state index is 13.1. The highest BCUT2D eigenvalue weighted by Crippen LogP contribution is 2.40. The zero-order valence-electron chi connectivity index (χ0n) is 15.0. The van der Waals surface area contributed by atoms with E-state index in [4.69, 9.17) is 4.74 Å². The molecule has 1 aromatic carbocycles. The number of aromatic nitrogens is 2. The van der Waals surface area contributed by atoms with Crippen molar-refractivity contribution in [2.45, 2.75) is 45.3 Å². The minimum atomic E-state index is -0.605. The first kappa shape index (κ1) is 17.3. The first-order valence-corrected chi connectivity index (χ1v) is 9.47. The summed E-state index contributed by atoms with van der Waals surface area (Å²) in [5, 5.41) is 0. The van der Waals surface area contributed by atoms with E-state index in [1.54, 1.807) is 6.33 Å². The fourth-order valence-corrected chi connectivity index (χ4v) is 4.05. The molecule has 0 spiro atoms. The summed E-state index contributed by atoms with van der Waals surface area (Å²) in [5.74, 6) is -0.464. The molecule has 0 radical (unpaired) electrons. The maximum atomic E-state index is 13.1. The minimum absolute atomic E-state index is 0.0114. The molecule has 1 unspecified atom stereocenters. The zero-order valence-corrected chi connectivity index (χ0v) is 16.5. The van der Waals surface area contributed by atoms with Crippen LogP contribution in [0.25, 0.3) is 5.69 Å². The van der Waals surface area contributed by atoms with Crippen LogP contribution in [0.5, 0.6) is 0 Å². The largest absolute Gasteiger partial charge is 0.455 e. The van der Waals surface area contributed by atoms with E-state index in [9.17, 15) is 9.59 Å². The molecular formula is C19H20BrN3O3.